The molecule has 0 aliphatic carbocycles. The van der Waals surface area contributed by atoms with Crippen molar-refractivity contribution < 1.29 is 0 Å². The standard InChI is InChI=1S/C7H8.C3H8.2C2H6.2CH4/c1-7-5-3-2-4-6-7;1-3-2;2*1-2;;/h2-6H,1H3;3H2,1-2H3;2*1-2H3;2*1H4. The van der Waals surface area contributed by atoms with Gasteiger partial charge in [-0.25, -0.2) is 0 Å². The second kappa shape index (κ2) is 36.8. The van der Waals surface area contributed by atoms with E-state index in [0.717, 1.165) is 0 Å². The van der Waals surface area contributed by atoms with Crippen molar-refractivity contribution in [1.29, 1.82) is 0 Å². The Hall–Kier alpha value is -0.780. The fraction of sp³-hybridized carbons (Fsp3) is 0.625. The van der Waals surface area contributed by atoms with Crippen LogP contribution in [0.3, 0.4) is 0 Å². The van der Waals surface area contributed by atoms with Crippen LogP contribution in [0.1, 0.15) is 68.4 Å². The van der Waals surface area contributed by atoms with Crippen LogP contribution in [0.25, 0.3) is 0 Å². The Morgan fingerprint density at radius 2 is 1.00 bits per heavy atom. The molecule has 0 fully saturated rings. The summed E-state index contributed by atoms with van der Waals surface area (Å²) in [7, 11) is 0. The molecule has 0 atom stereocenters. The lowest BCUT2D eigenvalue weighted by Gasteiger charge is -1.82. The molecule has 0 heteroatoms. The Balaban J connectivity index is -0.0000000394. The van der Waals surface area contributed by atoms with E-state index in [4.69, 9.17) is 0 Å². The smallest absolute Gasteiger partial charge is 0.0398 e. The van der Waals surface area contributed by atoms with Crippen LogP contribution in [0.5, 0.6) is 0 Å². The van der Waals surface area contributed by atoms with E-state index in [1.165, 1.54) is 12.0 Å². The minimum atomic E-state index is 0. The van der Waals surface area contributed by atoms with Crippen LogP contribution in [0.15, 0.2) is 30.3 Å². The van der Waals surface area contributed by atoms with Crippen LogP contribution in [0, 0.1) is 6.92 Å². The van der Waals surface area contributed by atoms with Crippen LogP contribution >= 0.6 is 0 Å². The fourth-order valence-corrected chi connectivity index (χ4v) is 0.534. The average Bonchev–Trinajstić information content (AvgIpc) is 2.26. The summed E-state index contributed by atoms with van der Waals surface area (Å²) in [6, 6.07) is 10.3. The average molecular weight is 228 g/mol. The van der Waals surface area contributed by atoms with Gasteiger partial charge in [-0.05, 0) is 6.92 Å². The Morgan fingerprint density at radius 3 is 1.12 bits per heavy atom. The van der Waals surface area contributed by atoms with Crippen molar-refractivity contribution in [2.75, 3.05) is 0 Å². The molecule has 0 bridgehead atoms. The molecule has 0 unspecified atom stereocenters. The molecular weight excluding hydrogens is 192 g/mol. The predicted molar refractivity (Wildman–Crippen MR) is 83.3 cm³/mol. The molecule has 0 saturated carbocycles. The molecule has 100 valence electrons. The van der Waals surface area contributed by atoms with Gasteiger partial charge in [0.2, 0.25) is 0 Å². The summed E-state index contributed by atoms with van der Waals surface area (Å²) in [5.41, 5.74) is 1.32. The van der Waals surface area contributed by atoms with Gasteiger partial charge in [0.25, 0.3) is 0 Å². The minimum Gasteiger partial charge on any atom is -0.0776 e. The molecule has 0 spiro atoms. The van der Waals surface area contributed by atoms with E-state index < -0.39 is 0 Å². The maximum absolute atomic E-state index is 2.12. The first-order valence-electron chi connectivity index (χ1n) is 5.82. The SMILES string of the molecule is C.C.CC.CC.CCC.Cc1ccccc1. The second-order valence-electron chi connectivity index (χ2n) is 2.36. The fourth-order valence-electron chi connectivity index (χ4n) is 0.534. The highest BCUT2D eigenvalue weighted by atomic mass is 13.8. The first-order valence-corrected chi connectivity index (χ1v) is 5.82. The highest BCUT2D eigenvalue weighted by molar-refractivity contribution is 5.11. The summed E-state index contributed by atoms with van der Waals surface area (Å²) >= 11 is 0. The molecule has 0 N–H and O–H groups in total. The van der Waals surface area contributed by atoms with Crippen molar-refractivity contribution in [3.63, 3.8) is 0 Å². The van der Waals surface area contributed by atoms with E-state index in [-0.39, 0.29) is 14.9 Å². The van der Waals surface area contributed by atoms with Gasteiger partial charge in [-0.15, -0.1) is 0 Å². The second-order valence-corrected chi connectivity index (χ2v) is 2.36. The van der Waals surface area contributed by atoms with Gasteiger partial charge in [-0.2, -0.15) is 0 Å². The third-order valence-electron chi connectivity index (χ3n) is 0.940. The lowest BCUT2D eigenvalue weighted by atomic mass is 10.2. The van der Waals surface area contributed by atoms with Gasteiger partial charge in [0, 0.05) is 0 Å². The normalized spacial score (nSPS) is 5.69. The molecule has 0 nitrogen and oxygen atoms in total. The van der Waals surface area contributed by atoms with Gasteiger partial charge in [0.05, 0.1) is 0 Å². The van der Waals surface area contributed by atoms with Crippen LogP contribution in [0.4, 0.5) is 0 Å². The number of hydrogen-bond donors (Lipinski definition) is 0. The molecule has 0 aliphatic heterocycles. The Kier molecular flexibility index (Phi) is 67.7. The molecule has 0 aliphatic rings. The van der Waals surface area contributed by atoms with Gasteiger partial charge in [-0.3, -0.25) is 0 Å². The largest absolute Gasteiger partial charge is 0.0776 e. The number of benzene rings is 1. The van der Waals surface area contributed by atoms with E-state index >= 15 is 0 Å². The number of aryl methyl sites for hydroxylation is 1. The van der Waals surface area contributed by atoms with Crippen molar-refractivity contribution in [3.05, 3.63) is 35.9 Å². The molecule has 0 aromatic heterocycles. The van der Waals surface area contributed by atoms with Crippen molar-refractivity contribution in [3.8, 4) is 0 Å². The van der Waals surface area contributed by atoms with Crippen LogP contribution in [-0.4, -0.2) is 0 Å². The summed E-state index contributed by atoms with van der Waals surface area (Å²) in [4.78, 5) is 0. The highest BCUT2D eigenvalue weighted by Crippen LogP contribution is 1.92. The van der Waals surface area contributed by atoms with E-state index in [1.807, 2.05) is 45.9 Å². The van der Waals surface area contributed by atoms with E-state index in [2.05, 4.69) is 32.9 Å². The third kappa shape index (κ3) is 37.9. The quantitative estimate of drug-likeness (QED) is 0.461. The van der Waals surface area contributed by atoms with E-state index in [9.17, 15) is 0 Å². The summed E-state index contributed by atoms with van der Waals surface area (Å²) in [6.45, 7) is 14.3. The zero-order valence-electron chi connectivity index (χ0n) is 11.1. The first-order chi connectivity index (χ1) is 6.81. The minimum absolute atomic E-state index is 0. The van der Waals surface area contributed by atoms with Crippen molar-refractivity contribution in [2.45, 2.75) is 69.7 Å². The monoisotopic (exact) mass is 228 g/mol. The van der Waals surface area contributed by atoms with Gasteiger partial charge in [-0.1, -0.05) is 98.7 Å². The van der Waals surface area contributed by atoms with E-state index in [0.29, 0.717) is 0 Å². The molecule has 0 heterocycles. The molecule has 0 radical (unpaired) electrons. The lowest BCUT2D eigenvalue weighted by molar-refractivity contribution is 1.09. The van der Waals surface area contributed by atoms with E-state index in [1.54, 1.807) is 0 Å². The molecule has 1 aromatic carbocycles. The Labute approximate surface area is 106 Å². The first kappa shape index (κ1) is 29.5. The zero-order chi connectivity index (χ0) is 11.8. The molecule has 0 saturated heterocycles. The molecule has 16 heavy (non-hydrogen) atoms. The van der Waals surface area contributed by atoms with Gasteiger partial charge in [0.15, 0.2) is 0 Å². The summed E-state index contributed by atoms with van der Waals surface area (Å²) < 4.78 is 0. The predicted octanol–water partition coefficient (Wildman–Crippen LogP) is 6.74. The van der Waals surface area contributed by atoms with Crippen LogP contribution < -0.4 is 0 Å². The number of hydrogen-bond acceptors (Lipinski definition) is 0. The van der Waals surface area contributed by atoms with Crippen LogP contribution in [0.2, 0.25) is 0 Å². The Morgan fingerprint density at radius 1 is 0.750 bits per heavy atom. The molecule has 1 aromatic rings. The molecule has 0 amide bonds. The maximum atomic E-state index is 2.12. The molecule has 1 rings (SSSR count). The lowest BCUT2D eigenvalue weighted by Crippen LogP contribution is -1.62. The summed E-state index contributed by atoms with van der Waals surface area (Å²) in [5.74, 6) is 0. The maximum Gasteiger partial charge on any atom is -0.0398 e. The summed E-state index contributed by atoms with van der Waals surface area (Å²) in [6.07, 6.45) is 1.25. The van der Waals surface area contributed by atoms with Crippen LogP contribution in [-0.2, 0) is 0 Å². The molecular formula is C16H36. The zero-order valence-corrected chi connectivity index (χ0v) is 11.1. The third-order valence-corrected chi connectivity index (χ3v) is 0.940. The van der Waals surface area contributed by atoms with Gasteiger partial charge in [0.1, 0.15) is 0 Å². The number of rotatable bonds is 0. The van der Waals surface area contributed by atoms with Crippen molar-refractivity contribution in [1.82, 2.24) is 0 Å². The van der Waals surface area contributed by atoms with Gasteiger partial charge < -0.3 is 0 Å². The van der Waals surface area contributed by atoms with Gasteiger partial charge >= 0.3 is 0 Å². The highest BCUT2D eigenvalue weighted by Gasteiger charge is 1.72. The van der Waals surface area contributed by atoms with Crippen molar-refractivity contribution in [2.24, 2.45) is 0 Å². The van der Waals surface area contributed by atoms with Crippen molar-refractivity contribution >= 4 is 0 Å². The Bertz CT molecular complexity index is 141. The topological polar surface area (TPSA) is 0 Å². The summed E-state index contributed by atoms with van der Waals surface area (Å²) in [5, 5.41) is 0.